The van der Waals surface area contributed by atoms with E-state index in [9.17, 15) is 9.59 Å². The number of ether oxygens (including phenoxy) is 1. The molecule has 0 aromatic rings. The molecule has 2 amide bonds. The molecule has 1 saturated heterocycles. The lowest BCUT2D eigenvalue weighted by Crippen LogP contribution is -2.46. The number of alkyl carbamates (subject to hydrolysis) is 1. The highest BCUT2D eigenvalue weighted by atomic mass is 35.5. The maximum Gasteiger partial charge on any atom is 0.407 e. The van der Waals surface area contributed by atoms with E-state index in [1.54, 1.807) is 0 Å². The van der Waals surface area contributed by atoms with Gasteiger partial charge in [-0.25, -0.2) is 4.79 Å². The number of carbonyl (C=O) groups is 2. The Morgan fingerprint density at radius 1 is 1.37 bits per heavy atom. The summed E-state index contributed by atoms with van der Waals surface area (Å²) in [4.78, 5) is 25.1. The SMILES string of the molecule is CCCCC(=O)N1CCC(NC(=O)OCCCl)CC1. The topological polar surface area (TPSA) is 58.6 Å². The average Bonchev–Trinajstić information content (AvgIpc) is 2.43. The van der Waals surface area contributed by atoms with E-state index < -0.39 is 6.09 Å². The summed E-state index contributed by atoms with van der Waals surface area (Å²) in [7, 11) is 0. The molecule has 5 nitrogen and oxygen atoms in total. The van der Waals surface area contributed by atoms with Crippen molar-refractivity contribution in [1.29, 1.82) is 0 Å². The Kier molecular flexibility index (Phi) is 7.63. The molecule has 0 spiro atoms. The van der Waals surface area contributed by atoms with Crippen molar-refractivity contribution in [2.24, 2.45) is 0 Å². The summed E-state index contributed by atoms with van der Waals surface area (Å²) in [6.45, 7) is 3.73. The van der Waals surface area contributed by atoms with Crippen molar-refractivity contribution in [2.45, 2.75) is 45.1 Å². The minimum absolute atomic E-state index is 0.0954. The van der Waals surface area contributed by atoms with Gasteiger partial charge < -0.3 is 15.0 Å². The largest absolute Gasteiger partial charge is 0.448 e. The van der Waals surface area contributed by atoms with Crippen LogP contribution >= 0.6 is 11.6 Å². The van der Waals surface area contributed by atoms with Crippen LogP contribution in [-0.2, 0) is 9.53 Å². The lowest BCUT2D eigenvalue weighted by molar-refractivity contribution is -0.132. The number of nitrogens with one attached hydrogen (secondary N) is 1. The van der Waals surface area contributed by atoms with Gasteiger partial charge in [-0.2, -0.15) is 0 Å². The Morgan fingerprint density at radius 3 is 2.63 bits per heavy atom. The van der Waals surface area contributed by atoms with Gasteiger partial charge in [0.05, 0.1) is 5.88 Å². The third kappa shape index (κ3) is 6.14. The Morgan fingerprint density at radius 2 is 2.05 bits per heavy atom. The molecule has 1 aliphatic heterocycles. The van der Waals surface area contributed by atoms with E-state index in [0.29, 0.717) is 25.4 Å². The fraction of sp³-hybridized carbons (Fsp3) is 0.846. The smallest absolute Gasteiger partial charge is 0.407 e. The van der Waals surface area contributed by atoms with Crippen LogP contribution in [-0.4, -0.2) is 48.5 Å². The number of amides is 2. The van der Waals surface area contributed by atoms with Gasteiger partial charge in [0.25, 0.3) is 0 Å². The number of unbranched alkanes of at least 4 members (excludes halogenated alkanes) is 1. The van der Waals surface area contributed by atoms with Crippen molar-refractivity contribution in [2.75, 3.05) is 25.6 Å². The van der Waals surface area contributed by atoms with E-state index in [4.69, 9.17) is 16.3 Å². The number of piperidine rings is 1. The van der Waals surface area contributed by atoms with Gasteiger partial charge >= 0.3 is 6.09 Å². The average molecular weight is 291 g/mol. The Bertz CT molecular complexity index is 292. The molecule has 19 heavy (non-hydrogen) atoms. The first kappa shape index (κ1) is 16.1. The zero-order valence-corrected chi connectivity index (χ0v) is 12.2. The summed E-state index contributed by atoms with van der Waals surface area (Å²) in [5.74, 6) is 0.530. The van der Waals surface area contributed by atoms with Crippen molar-refractivity contribution < 1.29 is 14.3 Å². The summed E-state index contributed by atoms with van der Waals surface area (Å²) in [6, 6.07) is 0.0954. The predicted molar refractivity (Wildman–Crippen MR) is 74.3 cm³/mol. The molecule has 1 fully saturated rings. The van der Waals surface area contributed by atoms with Crippen molar-refractivity contribution in [3.8, 4) is 0 Å². The molecule has 1 heterocycles. The van der Waals surface area contributed by atoms with Crippen molar-refractivity contribution in [3.05, 3.63) is 0 Å². The Labute approximate surface area is 119 Å². The lowest BCUT2D eigenvalue weighted by Gasteiger charge is -2.32. The molecule has 0 aromatic carbocycles. The maximum atomic E-state index is 11.8. The van der Waals surface area contributed by atoms with Crippen LogP contribution in [0, 0.1) is 0 Å². The van der Waals surface area contributed by atoms with Crippen LogP contribution in [0.4, 0.5) is 4.79 Å². The van der Waals surface area contributed by atoms with E-state index in [-0.39, 0.29) is 18.6 Å². The summed E-state index contributed by atoms with van der Waals surface area (Å²) >= 11 is 5.43. The quantitative estimate of drug-likeness (QED) is 0.763. The summed E-state index contributed by atoms with van der Waals surface area (Å²) < 4.78 is 4.86. The molecule has 0 aromatic heterocycles. The van der Waals surface area contributed by atoms with E-state index in [2.05, 4.69) is 12.2 Å². The molecule has 0 saturated carbocycles. The molecule has 1 N–H and O–H groups in total. The summed E-state index contributed by atoms with van der Waals surface area (Å²) in [6.07, 6.45) is 3.77. The van der Waals surface area contributed by atoms with Crippen LogP contribution in [0.25, 0.3) is 0 Å². The second-order valence-electron chi connectivity index (χ2n) is 4.73. The molecule has 0 unspecified atom stereocenters. The molecule has 0 atom stereocenters. The predicted octanol–water partition coefficient (Wildman–Crippen LogP) is 2.13. The van der Waals surface area contributed by atoms with Gasteiger partial charge in [-0.05, 0) is 19.3 Å². The third-order valence-corrected chi connectivity index (χ3v) is 3.38. The first-order chi connectivity index (χ1) is 9.17. The highest BCUT2D eigenvalue weighted by Crippen LogP contribution is 2.12. The highest BCUT2D eigenvalue weighted by molar-refractivity contribution is 6.18. The number of hydrogen-bond donors (Lipinski definition) is 1. The molecular formula is C13H23ClN2O3. The van der Waals surface area contributed by atoms with Crippen LogP contribution in [0.3, 0.4) is 0 Å². The van der Waals surface area contributed by atoms with E-state index in [1.807, 2.05) is 4.90 Å². The summed E-state index contributed by atoms with van der Waals surface area (Å²) in [5, 5.41) is 2.80. The van der Waals surface area contributed by atoms with Gasteiger partial charge in [0, 0.05) is 25.6 Å². The van der Waals surface area contributed by atoms with Crippen LogP contribution < -0.4 is 5.32 Å². The monoisotopic (exact) mass is 290 g/mol. The Balaban J connectivity index is 2.21. The van der Waals surface area contributed by atoms with Gasteiger partial charge in [-0.3, -0.25) is 4.79 Å². The highest BCUT2D eigenvalue weighted by Gasteiger charge is 2.23. The molecule has 110 valence electrons. The zero-order valence-electron chi connectivity index (χ0n) is 11.5. The van der Waals surface area contributed by atoms with E-state index >= 15 is 0 Å². The molecule has 6 heteroatoms. The number of nitrogens with zero attached hydrogens (tertiary/aromatic N) is 1. The molecular weight excluding hydrogens is 268 g/mol. The number of rotatable bonds is 6. The molecule has 0 aliphatic carbocycles. The first-order valence-electron chi connectivity index (χ1n) is 6.94. The first-order valence-corrected chi connectivity index (χ1v) is 7.47. The number of alkyl halides is 1. The standard InChI is InChI=1S/C13H23ClN2O3/c1-2-3-4-12(17)16-8-5-11(6-9-16)15-13(18)19-10-7-14/h11H,2-10H2,1H3,(H,15,18). The number of hydrogen-bond acceptors (Lipinski definition) is 3. The van der Waals surface area contributed by atoms with Gasteiger partial charge in [-0.1, -0.05) is 13.3 Å². The van der Waals surface area contributed by atoms with Gasteiger partial charge in [-0.15, -0.1) is 11.6 Å². The molecule has 1 rings (SSSR count). The van der Waals surface area contributed by atoms with Crippen LogP contribution in [0.1, 0.15) is 39.0 Å². The van der Waals surface area contributed by atoms with Gasteiger partial charge in [0.2, 0.25) is 5.91 Å². The van der Waals surface area contributed by atoms with Crippen molar-refractivity contribution in [3.63, 3.8) is 0 Å². The van der Waals surface area contributed by atoms with Crippen LogP contribution in [0.2, 0.25) is 0 Å². The Hall–Kier alpha value is -0.970. The maximum absolute atomic E-state index is 11.8. The van der Waals surface area contributed by atoms with Crippen LogP contribution in [0.15, 0.2) is 0 Å². The molecule has 0 radical (unpaired) electrons. The van der Waals surface area contributed by atoms with E-state index in [0.717, 1.165) is 25.7 Å². The second kappa shape index (κ2) is 9.02. The minimum Gasteiger partial charge on any atom is -0.448 e. The lowest BCUT2D eigenvalue weighted by atomic mass is 10.0. The fourth-order valence-electron chi connectivity index (χ4n) is 2.10. The van der Waals surface area contributed by atoms with Crippen LogP contribution in [0.5, 0.6) is 0 Å². The van der Waals surface area contributed by atoms with Gasteiger partial charge in [0.1, 0.15) is 6.61 Å². The van der Waals surface area contributed by atoms with E-state index in [1.165, 1.54) is 0 Å². The molecule has 1 aliphatic rings. The van der Waals surface area contributed by atoms with Gasteiger partial charge in [0.15, 0.2) is 0 Å². The van der Waals surface area contributed by atoms with Crippen molar-refractivity contribution >= 4 is 23.6 Å². The van der Waals surface area contributed by atoms with Crippen molar-refractivity contribution in [1.82, 2.24) is 10.2 Å². The normalized spacial score (nSPS) is 16.2. The third-order valence-electron chi connectivity index (χ3n) is 3.22. The number of likely N-dealkylation sites (tertiary alicyclic amines) is 1. The fourth-order valence-corrected chi connectivity index (χ4v) is 2.18. The summed E-state index contributed by atoms with van der Waals surface area (Å²) in [5.41, 5.74) is 0. The number of carbonyl (C=O) groups excluding carboxylic acids is 2. The second-order valence-corrected chi connectivity index (χ2v) is 5.11. The molecule has 0 bridgehead atoms. The number of halogens is 1. The minimum atomic E-state index is -0.420. The zero-order chi connectivity index (χ0) is 14.1.